The van der Waals surface area contributed by atoms with Crippen molar-refractivity contribution >= 4 is 21.8 Å². The number of pyridine rings is 1. The molecule has 0 aliphatic heterocycles. The molecule has 0 radical (unpaired) electrons. The Labute approximate surface area is 119 Å². The van der Waals surface area contributed by atoms with Gasteiger partial charge in [-0.3, -0.25) is 9.59 Å². The number of aromatic amines is 1. The second-order valence-corrected chi connectivity index (χ2v) is 5.11. The number of carbonyl (C=O) groups excluding carboxylic acids is 1. The van der Waals surface area contributed by atoms with Crippen LogP contribution in [0.3, 0.4) is 0 Å². The summed E-state index contributed by atoms with van der Waals surface area (Å²) in [4.78, 5) is 25.4. The Hall–Kier alpha value is -1.88. The average molecular weight is 321 g/mol. The predicted octanol–water partition coefficient (Wildman–Crippen LogP) is 2.63. The van der Waals surface area contributed by atoms with E-state index in [1.54, 1.807) is 0 Å². The highest BCUT2D eigenvalue weighted by Gasteiger charge is 2.11. The number of carbonyl (C=O) groups is 1. The van der Waals surface area contributed by atoms with Gasteiger partial charge >= 0.3 is 0 Å². The van der Waals surface area contributed by atoms with Crippen LogP contribution in [0.25, 0.3) is 0 Å². The number of hydrogen-bond acceptors (Lipinski definition) is 2. The van der Waals surface area contributed by atoms with Gasteiger partial charge in [0.25, 0.3) is 5.91 Å². The fraction of sp³-hybridized carbons (Fsp3) is 0.143. The summed E-state index contributed by atoms with van der Waals surface area (Å²) in [6.07, 6.45) is 1.41. The third-order valence-electron chi connectivity index (χ3n) is 2.74. The van der Waals surface area contributed by atoms with Gasteiger partial charge in [-0.15, -0.1) is 0 Å². The molecular formula is C14H13BrN2O2. The van der Waals surface area contributed by atoms with Gasteiger partial charge in [0.1, 0.15) is 0 Å². The fourth-order valence-corrected chi connectivity index (χ4v) is 2.11. The van der Waals surface area contributed by atoms with Crippen LogP contribution in [0.2, 0.25) is 0 Å². The van der Waals surface area contributed by atoms with E-state index in [4.69, 9.17) is 0 Å². The van der Waals surface area contributed by atoms with Crippen LogP contribution in [-0.4, -0.2) is 10.9 Å². The molecule has 2 rings (SSSR count). The fourth-order valence-electron chi connectivity index (χ4n) is 1.69. The minimum Gasteiger partial charge on any atom is -0.345 e. The smallest absolute Gasteiger partial charge is 0.253 e. The molecule has 0 saturated carbocycles. The van der Waals surface area contributed by atoms with Crippen molar-refractivity contribution in [3.8, 4) is 0 Å². The summed E-state index contributed by atoms with van der Waals surface area (Å²) in [5.74, 6) is -0.219. The Morgan fingerprint density at radius 1 is 1.32 bits per heavy atom. The number of nitrogens with one attached hydrogen (secondary N) is 2. The van der Waals surface area contributed by atoms with Crippen molar-refractivity contribution in [1.29, 1.82) is 0 Å². The van der Waals surface area contributed by atoms with E-state index in [0.717, 1.165) is 10.0 Å². The maximum atomic E-state index is 12.0. The van der Waals surface area contributed by atoms with Crippen LogP contribution in [0.15, 0.2) is 51.9 Å². The first-order valence-corrected chi connectivity index (χ1v) is 6.60. The van der Waals surface area contributed by atoms with E-state index in [0.29, 0.717) is 5.56 Å². The summed E-state index contributed by atoms with van der Waals surface area (Å²) in [5, 5.41) is 2.88. The Balaban J connectivity index is 2.10. The Morgan fingerprint density at radius 2 is 2.11 bits per heavy atom. The van der Waals surface area contributed by atoms with E-state index in [9.17, 15) is 9.59 Å². The van der Waals surface area contributed by atoms with E-state index in [1.807, 2.05) is 31.2 Å². The van der Waals surface area contributed by atoms with Gasteiger partial charge in [-0.1, -0.05) is 28.1 Å². The molecule has 0 fully saturated rings. The lowest BCUT2D eigenvalue weighted by Crippen LogP contribution is -2.27. The number of amides is 1. The largest absolute Gasteiger partial charge is 0.345 e. The molecule has 5 heteroatoms. The molecule has 4 nitrogen and oxygen atoms in total. The first kappa shape index (κ1) is 13.5. The van der Waals surface area contributed by atoms with Crippen molar-refractivity contribution < 1.29 is 4.79 Å². The molecule has 1 atom stereocenters. The molecule has 2 N–H and O–H groups in total. The van der Waals surface area contributed by atoms with Crippen LogP contribution < -0.4 is 10.9 Å². The number of rotatable bonds is 3. The molecule has 19 heavy (non-hydrogen) atoms. The van der Waals surface area contributed by atoms with Crippen LogP contribution in [0.5, 0.6) is 0 Å². The number of aromatic nitrogens is 1. The third-order valence-corrected chi connectivity index (χ3v) is 3.24. The second kappa shape index (κ2) is 5.84. The van der Waals surface area contributed by atoms with Gasteiger partial charge in [-0.2, -0.15) is 0 Å². The van der Waals surface area contributed by atoms with Crippen molar-refractivity contribution in [3.05, 3.63) is 68.5 Å². The summed E-state index contributed by atoms with van der Waals surface area (Å²) in [7, 11) is 0. The van der Waals surface area contributed by atoms with Gasteiger partial charge < -0.3 is 10.3 Å². The highest BCUT2D eigenvalue weighted by atomic mass is 79.9. The summed E-state index contributed by atoms with van der Waals surface area (Å²) < 4.78 is 0.968. The van der Waals surface area contributed by atoms with Crippen molar-refractivity contribution in [1.82, 2.24) is 10.3 Å². The Morgan fingerprint density at radius 3 is 2.74 bits per heavy atom. The standard InChI is InChI=1S/C14H13BrN2O2/c1-9(10-3-2-4-12(15)7-10)17-14(19)11-5-6-13(18)16-8-11/h2-9H,1H3,(H,16,18)(H,17,19). The Bertz CT molecular complexity index is 631. The van der Waals surface area contributed by atoms with E-state index >= 15 is 0 Å². The highest BCUT2D eigenvalue weighted by molar-refractivity contribution is 9.10. The summed E-state index contributed by atoms with van der Waals surface area (Å²) in [6.45, 7) is 1.91. The zero-order valence-electron chi connectivity index (χ0n) is 10.3. The highest BCUT2D eigenvalue weighted by Crippen LogP contribution is 2.18. The van der Waals surface area contributed by atoms with Crippen LogP contribution in [0, 0.1) is 0 Å². The van der Waals surface area contributed by atoms with Crippen LogP contribution in [-0.2, 0) is 0 Å². The van der Waals surface area contributed by atoms with Gasteiger partial charge in [0.2, 0.25) is 5.56 Å². The van der Waals surface area contributed by atoms with E-state index in [-0.39, 0.29) is 17.5 Å². The molecule has 0 bridgehead atoms. The molecule has 2 aromatic rings. The average Bonchev–Trinajstić information content (AvgIpc) is 2.39. The zero-order valence-corrected chi connectivity index (χ0v) is 11.9. The van der Waals surface area contributed by atoms with Gasteiger partial charge in [-0.05, 0) is 30.7 Å². The molecule has 0 saturated heterocycles. The molecular weight excluding hydrogens is 308 g/mol. The van der Waals surface area contributed by atoms with E-state index in [1.165, 1.54) is 18.3 Å². The maximum Gasteiger partial charge on any atom is 0.253 e. The van der Waals surface area contributed by atoms with Crippen molar-refractivity contribution in [2.75, 3.05) is 0 Å². The van der Waals surface area contributed by atoms with Gasteiger partial charge in [0, 0.05) is 16.7 Å². The summed E-state index contributed by atoms with van der Waals surface area (Å²) >= 11 is 3.40. The molecule has 1 amide bonds. The van der Waals surface area contributed by atoms with Gasteiger partial charge in [0.05, 0.1) is 11.6 Å². The number of hydrogen-bond donors (Lipinski definition) is 2. The molecule has 1 aromatic carbocycles. The van der Waals surface area contributed by atoms with Crippen LogP contribution >= 0.6 is 15.9 Å². The molecule has 1 unspecified atom stereocenters. The molecule has 1 heterocycles. The lowest BCUT2D eigenvalue weighted by Gasteiger charge is -2.14. The molecule has 1 aromatic heterocycles. The number of H-pyrrole nitrogens is 1. The Kier molecular flexibility index (Phi) is 4.16. The third kappa shape index (κ3) is 3.54. The first-order valence-electron chi connectivity index (χ1n) is 5.81. The van der Waals surface area contributed by atoms with Gasteiger partial charge in [-0.25, -0.2) is 0 Å². The SMILES string of the molecule is CC(NC(=O)c1ccc(=O)[nH]c1)c1cccc(Br)c1. The van der Waals surface area contributed by atoms with Crippen LogP contribution in [0.1, 0.15) is 28.9 Å². The second-order valence-electron chi connectivity index (χ2n) is 4.19. The zero-order chi connectivity index (χ0) is 13.8. The molecule has 0 aliphatic carbocycles. The lowest BCUT2D eigenvalue weighted by molar-refractivity contribution is 0.0939. The predicted molar refractivity (Wildman–Crippen MR) is 77.1 cm³/mol. The van der Waals surface area contributed by atoms with E-state index in [2.05, 4.69) is 26.2 Å². The molecule has 98 valence electrons. The van der Waals surface area contributed by atoms with Crippen molar-refractivity contribution in [2.24, 2.45) is 0 Å². The van der Waals surface area contributed by atoms with Gasteiger partial charge in [0.15, 0.2) is 0 Å². The monoisotopic (exact) mass is 320 g/mol. The normalized spacial score (nSPS) is 11.9. The first-order chi connectivity index (χ1) is 9.06. The molecule has 0 aliphatic rings. The minimum atomic E-state index is -0.225. The maximum absolute atomic E-state index is 12.0. The topological polar surface area (TPSA) is 62.0 Å². The van der Waals surface area contributed by atoms with E-state index < -0.39 is 0 Å². The molecule has 0 spiro atoms. The summed E-state index contributed by atoms with van der Waals surface area (Å²) in [5.41, 5.74) is 1.21. The summed E-state index contributed by atoms with van der Waals surface area (Å²) in [6, 6.07) is 10.5. The quantitative estimate of drug-likeness (QED) is 0.913. The van der Waals surface area contributed by atoms with Crippen molar-refractivity contribution in [2.45, 2.75) is 13.0 Å². The van der Waals surface area contributed by atoms with Crippen LogP contribution in [0.4, 0.5) is 0 Å². The van der Waals surface area contributed by atoms with Crippen molar-refractivity contribution in [3.63, 3.8) is 0 Å². The number of halogens is 1. The lowest BCUT2D eigenvalue weighted by atomic mass is 10.1. The number of benzene rings is 1. The minimum absolute atomic E-state index is 0.114.